The molecule has 0 saturated heterocycles. The van der Waals surface area contributed by atoms with Gasteiger partial charge in [0, 0.05) is 75.9 Å². The Labute approximate surface area is 86.2 Å². The second kappa shape index (κ2) is 39.1. The van der Waals surface area contributed by atoms with Gasteiger partial charge in [-0.25, -0.2) is 0 Å². The minimum Gasteiger partial charge on any atom is -0.512 e. The molecule has 1 nitrogen and oxygen atoms in total. The normalized spacial score (nSPS) is 0.400. The molecule has 0 saturated carbocycles. The van der Waals surface area contributed by atoms with Crippen molar-refractivity contribution >= 4 is 0 Å². The van der Waals surface area contributed by atoms with Gasteiger partial charge in [-0.15, -0.1) is 0 Å². The molecular weight excluding hydrogens is 277 g/mol. The van der Waals surface area contributed by atoms with Crippen LogP contribution in [0.15, 0.2) is 0 Å². The van der Waals surface area contributed by atoms with Gasteiger partial charge in [0.25, 0.3) is 0 Å². The second-order valence-electron chi connectivity index (χ2n) is 0. The van der Waals surface area contributed by atoms with E-state index in [1.807, 2.05) is 0 Å². The molecule has 0 atom stereocenters. The van der Waals surface area contributed by atoms with Gasteiger partial charge in [-0.05, 0) is 0 Å². The van der Waals surface area contributed by atoms with Gasteiger partial charge in [-0.1, -0.05) is 0 Å². The Kier molecular flexibility index (Phi) is 223. The Morgan fingerprint density at radius 2 is 1.20 bits per heavy atom. The maximum atomic E-state index is 6.25. The van der Waals surface area contributed by atoms with Crippen LogP contribution in [-0.4, -0.2) is 0 Å². The quantitative estimate of drug-likeness (QED) is 0.455. The first-order chi connectivity index (χ1) is 1.00. The summed E-state index contributed by atoms with van der Waals surface area (Å²) in [6, 6.07) is 0. The molecule has 0 aliphatic carbocycles. The molecule has 0 bridgehead atoms. The zero-order valence-electron chi connectivity index (χ0n) is 2.18. The average molecular weight is 277 g/mol. The van der Waals surface area contributed by atoms with E-state index in [1.54, 1.807) is 0 Å². The van der Waals surface area contributed by atoms with Crippen molar-refractivity contribution in [1.82, 2.24) is 0 Å². The average Bonchev–Trinajstić information content (AvgIpc) is 1.00. The Hall–Kier alpha value is 1.91. The van der Waals surface area contributed by atoms with Crippen molar-refractivity contribution in [3.05, 3.63) is 6.57 Å². The summed E-state index contributed by atoms with van der Waals surface area (Å²) in [5, 5.41) is 6.25. The minimum absolute atomic E-state index is 0. The predicted molar refractivity (Wildman–Crippen MR) is 4.97 cm³/mol. The fraction of sp³-hybridized carbons (Fsp3) is 0. The first-order valence-electron chi connectivity index (χ1n) is 0.224. The van der Waals surface area contributed by atoms with Crippen LogP contribution in [0.2, 0.25) is 0 Å². The van der Waals surface area contributed by atoms with E-state index in [1.165, 1.54) is 0 Å². The van der Waals surface area contributed by atoms with Crippen LogP contribution in [0, 0.1) is 53.6 Å². The summed E-state index contributed by atoms with van der Waals surface area (Å²) in [5.41, 5.74) is 0. The van der Waals surface area contributed by atoms with Crippen molar-refractivity contribution in [2.24, 2.45) is 0 Å². The summed E-state index contributed by atoms with van der Waals surface area (Å²) in [7, 11) is 0. The number of hydrogen-bond donors (Lipinski definition) is 0. The summed E-state index contributed by atoms with van der Waals surface area (Å²) < 4.78 is 0. The zero-order valence-corrected chi connectivity index (χ0v) is 7.60. The monoisotopic (exact) mass is 277 g/mol. The molecule has 1 radical (unpaired) electrons. The van der Waals surface area contributed by atoms with Gasteiger partial charge >= 0.3 is 0 Å². The molecule has 0 amide bonds. The molecule has 0 aromatic carbocycles. The van der Waals surface area contributed by atoms with Crippen molar-refractivity contribution in [3.63, 3.8) is 0 Å². The van der Waals surface area contributed by atoms with E-state index in [-0.39, 0.29) is 75.9 Å². The summed E-state index contributed by atoms with van der Waals surface area (Å²) in [6.45, 7) is 4.75. The van der Waals surface area contributed by atoms with Crippen molar-refractivity contribution in [2.45, 2.75) is 0 Å². The van der Waals surface area contributed by atoms with Crippen LogP contribution in [-0.2, 0) is 34.1 Å². The SMILES string of the molecule is [C-]#N.[Ce].[Fe].[Mn]. The fourth-order valence-corrected chi connectivity index (χ4v) is 0. The summed E-state index contributed by atoms with van der Waals surface area (Å²) >= 11 is 0. The van der Waals surface area contributed by atoms with E-state index in [0.29, 0.717) is 0 Å². The van der Waals surface area contributed by atoms with Crippen molar-refractivity contribution < 1.29 is 75.9 Å². The van der Waals surface area contributed by atoms with Gasteiger partial charge in [0.05, 0.1) is 0 Å². The van der Waals surface area contributed by atoms with E-state index in [9.17, 15) is 0 Å². The molecule has 5 heavy (non-hydrogen) atoms. The van der Waals surface area contributed by atoms with E-state index in [4.69, 9.17) is 11.8 Å². The maximum absolute atomic E-state index is 6.25. The van der Waals surface area contributed by atoms with Crippen LogP contribution >= 0.6 is 0 Å². The van der Waals surface area contributed by atoms with Gasteiger partial charge in [0.1, 0.15) is 0 Å². The van der Waals surface area contributed by atoms with Gasteiger partial charge in [-0.2, -0.15) is 0 Å². The molecule has 29 valence electrons. The number of hydrogen-bond acceptors (Lipinski definition) is 1. The molecule has 0 aromatic rings. The minimum atomic E-state index is 0. The first-order valence-corrected chi connectivity index (χ1v) is 0.224. The molecule has 0 unspecified atom stereocenters. The molecule has 0 rings (SSSR count). The molecule has 0 N–H and O–H groups in total. The third kappa shape index (κ3) is 24.8. The van der Waals surface area contributed by atoms with Crippen LogP contribution in [0.1, 0.15) is 0 Å². The topological polar surface area (TPSA) is 23.8 Å². The van der Waals surface area contributed by atoms with Crippen LogP contribution in [0.3, 0.4) is 0 Å². The van der Waals surface area contributed by atoms with Gasteiger partial charge in [-0.3, -0.25) is 0 Å². The Bertz CT molecular complexity index is 16.4. The molecule has 0 spiro atoms. The van der Waals surface area contributed by atoms with E-state index >= 15 is 0 Å². The van der Waals surface area contributed by atoms with Crippen LogP contribution in [0.4, 0.5) is 0 Å². The Morgan fingerprint density at radius 3 is 1.20 bits per heavy atom. The first kappa shape index (κ1) is 28.5. The van der Waals surface area contributed by atoms with Crippen LogP contribution in [0.5, 0.6) is 0 Å². The predicted octanol–water partition coefficient (Wildman–Crippen LogP) is 0.0914. The van der Waals surface area contributed by atoms with E-state index in [0.717, 1.165) is 0 Å². The van der Waals surface area contributed by atoms with Gasteiger partial charge in [0.15, 0.2) is 0 Å². The third-order valence-corrected chi connectivity index (χ3v) is 0. The largest absolute Gasteiger partial charge is 0.512 e. The van der Waals surface area contributed by atoms with Crippen molar-refractivity contribution in [3.8, 4) is 0 Å². The molecule has 0 aliphatic heterocycles. The summed E-state index contributed by atoms with van der Waals surface area (Å²) in [5.74, 6) is 0. The number of rotatable bonds is 0. The fourth-order valence-electron chi connectivity index (χ4n) is 0. The molecule has 4 heteroatoms. The van der Waals surface area contributed by atoms with Crippen LogP contribution < -0.4 is 0 Å². The third-order valence-electron chi connectivity index (χ3n) is 0. The molecule has 0 aromatic heterocycles. The molecular formula is CCeFeMnN-. The Balaban J connectivity index is -0.00000000167. The molecule has 0 fully saturated rings. The molecule has 0 heterocycles. The zero-order chi connectivity index (χ0) is 2.00. The second-order valence-corrected chi connectivity index (χ2v) is 0. The summed E-state index contributed by atoms with van der Waals surface area (Å²) in [4.78, 5) is 0. The summed E-state index contributed by atoms with van der Waals surface area (Å²) in [6.07, 6.45) is 0. The van der Waals surface area contributed by atoms with Gasteiger partial charge in [0.2, 0.25) is 0 Å². The maximum Gasteiger partial charge on any atom is 0 e. The number of nitrogens with zero attached hydrogens (tertiary/aromatic N) is 1. The van der Waals surface area contributed by atoms with Crippen molar-refractivity contribution in [1.29, 1.82) is 5.26 Å². The van der Waals surface area contributed by atoms with E-state index in [2.05, 4.69) is 0 Å². The van der Waals surface area contributed by atoms with Crippen molar-refractivity contribution in [2.75, 3.05) is 0 Å². The van der Waals surface area contributed by atoms with Gasteiger partial charge < -0.3 is 11.8 Å². The Morgan fingerprint density at radius 1 is 1.20 bits per heavy atom. The smallest absolute Gasteiger partial charge is 0 e. The van der Waals surface area contributed by atoms with Crippen LogP contribution in [0.25, 0.3) is 0 Å². The molecule has 0 aliphatic rings. The van der Waals surface area contributed by atoms with E-state index < -0.39 is 0 Å². The standard InChI is InChI=1S/CN.Ce.Fe.Mn/c1-2;;;/q-1;;;.